The molecule has 0 aliphatic heterocycles. The standard InChI is InChI=1S/C18H17NO4S/c20-17(18-7-4-12-23-18)13-19-24(21,22)16-10-8-15(9-11-16)14-5-2-1-3-6-14/h1-12,17,19-20H,13H2. The largest absolute Gasteiger partial charge is 0.467 e. The third-order valence-electron chi connectivity index (χ3n) is 3.61. The van der Waals surface area contributed by atoms with Gasteiger partial charge >= 0.3 is 0 Å². The Morgan fingerprint density at radius 3 is 2.21 bits per heavy atom. The van der Waals surface area contributed by atoms with Crippen molar-refractivity contribution in [2.24, 2.45) is 0 Å². The van der Waals surface area contributed by atoms with E-state index in [0.29, 0.717) is 5.76 Å². The van der Waals surface area contributed by atoms with Crippen molar-refractivity contribution in [3.63, 3.8) is 0 Å². The first-order valence-corrected chi connectivity index (χ1v) is 8.91. The first-order chi connectivity index (χ1) is 11.6. The molecule has 0 saturated heterocycles. The highest BCUT2D eigenvalue weighted by molar-refractivity contribution is 7.89. The van der Waals surface area contributed by atoms with Crippen LogP contribution in [0.2, 0.25) is 0 Å². The van der Waals surface area contributed by atoms with Gasteiger partial charge in [0.05, 0.1) is 11.2 Å². The molecule has 6 heteroatoms. The lowest BCUT2D eigenvalue weighted by molar-refractivity contribution is 0.154. The average Bonchev–Trinajstić information content (AvgIpc) is 3.15. The Balaban J connectivity index is 1.71. The highest BCUT2D eigenvalue weighted by Gasteiger charge is 2.18. The van der Waals surface area contributed by atoms with E-state index in [4.69, 9.17) is 4.42 Å². The zero-order chi connectivity index (χ0) is 17.0. The molecule has 1 atom stereocenters. The van der Waals surface area contributed by atoms with E-state index in [1.165, 1.54) is 6.26 Å². The summed E-state index contributed by atoms with van der Waals surface area (Å²) in [6, 6.07) is 19.5. The van der Waals surface area contributed by atoms with Gasteiger partial charge in [0.25, 0.3) is 0 Å². The zero-order valence-corrected chi connectivity index (χ0v) is 13.6. The van der Waals surface area contributed by atoms with Crippen LogP contribution in [0.25, 0.3) is 11.1 Å². The molecule has 0 fully saturated rings. The van der Waals surface area contributed by atoms with Crippen LogP contribution in [0.5, 0.6) is 0 Å². The normalized spacial score (nSPS) is 12.9. The molecule has 0 bridgehead atoms. The summed E-state index contributed by atoms with van der Waals surface area (Å²) in [6.45, 7) is -0.156. The molecule has 0 aliphatic rings. The number of sulfonamides is 1. The molecule has 3 rings (SSSR count). The minimum Gasteiger partial charge on any atom is -0.467 e. The van der Waals surface area contributed by atoms with Crippen LogP contribution >= 0.6 is 0 Å². The molecule has 5 nitrogen and oxygen atoms in total. The second-order valence-electron chi connectivity index (χ2n) is 5.27. The van der Waals surface area contributed by atoms with E-state index in [1.807, 2.05) is 30.3 Å². The Kier molecular flexibility index (Phi) is 4.80. The molecule has 0 aliphatic carbocycles. The van der Waals surface area contributed by atoms with Gasteiger partial charge in [-0.1, -0.05) is 42.5 Å². The van der Waals surface area contributed by atoms with Crippen LogP contribution < -0.4 is 4.72 Å². The number of furan rings is 1. The Bertz CT molecular complexity index is 873. The lowest BCUT2D eigenvalue weighted by Crippen LogP contribution is -2.28. The molecule has 1 heterocycles. The van der Waals surface area contributed by atoms with Gasteiger partial charge in [-0.3, -0.25) is 0 Å². The maximum absolute atomic E-state index is 12.3. The van der Waals surface area contributed by atoms with E-state index in [1.54, 1.807) is 36.4 Å². The van der Waals surface area contributed by atoms with Crippen LogP contribution in [0, 0.1) is 0 Å². The van der Waals surface area contributed by atoms with Gasteiger partial charge in [0.2, 0.25) is 10.0 Å². The van der Waals surface area contributed by atoms with Gasteiger partial charge in [-0.2, -0.15) is 0 Å². The Morgan fingerprint density at radius 1 is 0.917 bits per heavy atom. The molecular weight excluding hydrogens is 326 g/mol. The molecule has 1 aromatic heterocycles. The van der Waals surface area contributed by atoms with Crippen molar-refractivity contribution in [3.8, 4) is 11.1 Å². The van der Waals surface area contributed by atoms with Crippen molar-refractivity contribution in [1.82, 2.24) is 4.72 Å². The van der Waals surface area contributed by atoms with E-state index in [9.17, 15) is 13.5 Å². The van der Waals surface area contributed by atoms with E-state index in [2.05, 4.69) is 4.72 Å². The zero-order valence-electron chi connectivity index (χ0n) is 12.8. The van der Waals surface area contributed by atoms with Crippen LogP contribution in [0.15, 0.2) is 82.3 Å². The van der Waals surface area contributed by atoms with Crippen molar-refractivity contribution < 1.29 is 17.9 Å². The lowest BCUT2D eigenvalue weighted by Gasteiger charge is -2.11. The summed E-state index contributed by atoms with van der Waals surface area (Å²) in [7, 11) is -3.70. The monoisotopic (exact) mass is 343 g/mol. The fraction of sp³-hybridized carbons (Fsp3) is 0.111. The van der Waals surface area contributed by atoms with Gasteiger partial charge in [0, 0.05) is 6.54 Å². The summed E-state index contributed by atoms with van der Waals surface area (Å²) >= 11 is 0. The number of benzene rings is 2. The van der Waals surface area contributed by atoms with Crippen molar-refractivity contribution >= 4 is 10.0 Å². The number of hydrogen-bond donors (Lipinski definition) is 2. The van der Waals surface area contributed by atoms with Crippen molar-refractivity contribution in [1.29, 1.82) is 0 Å². The fourth-order valence-electron chi connectivity index (χ4n) is 2.31. The first kappa shape index (κ1) is 16.4. The molecular formula is C18H17NO4S. The van der Waals surface area contributed by atoms with Crippen LogP contribution in [-0.4, -0.2) is 20.1 Å². The van der Waals surface area contributed by atoms with Crippen LogP contribution in [0.3, 0.4) is 0 Å². The molecule has 24 heavy (non-hydrogen) atoms. The van der Waals surface area contributed by atoms with E-state index >= 15 is 0 Å². The fourth-order valence-corrected chi connectivity index (χ4v) is 3.35. The maximum Gasteiger partial charge on any atom is 0.240 e. The highest BCUT2D eigenvalue weighted by atomic mass is 32.2. The minimum absolute atomic E-state index is 0.147. The van der Waals surface area contributed by atoms with Gasteiger partial charge in [-0.05, 0) is 35.4 Å². The first-order valence-electron chi connectivity index (χ1n) is 7.43. The molecule has 0 spiro atoms. The Morgan fingerprint density at radius 2 is 1.58 bits per heavy atom. The highest BCUT2D eigenvalue weighted by Crippen LogP contribution is 2.21. The van der Waals surface area contributed by atoms with Gasteiger partial charge < -0.3 is 9.52 Å². The number of aliphatic hydroxyl groups is 1. The van der Waals surface area contributed by atoms with Crippen molar-refractivity contribution in [3.05, 3.63) is 78.8 Å². The summed E-state index contributed by atoms with van der Waals surface area (Å²) < 4.78 is 32.0. The molecule has 124 valence electrons. The van der Waals surface area contributed by atoms with Gasteiger partial charge in [0.15, 0.2) is 0 Å². The number of rotatable bonds is 6. The predicted octanol–water partition coefficient (Wildman–Crippen LogP) is 2.96. The van der Waals surface area contributed by atoms with E-state index in [0.717, 1.165) is 11.1 Å². The minimum atomic E-state index is -3.70. The smallest absolute Gasteiger partial charge is 0.240 e. The van der Waals surface area contributed by atoms with E-state index in [-0.39, 0.29) is 11.4 Å². The summed E-state index contributed by atoms with van der Waals surface area (Å²) in [5.74, 6) is 0.317. The molecule has 1 unspecified atom stereocenters. The third kappa shape index (κ3) is 3.73. The van der Waals surface area contributed by atoms with Crippen LogP contribution in [-0.2, 0) is 10.0 Å². The summed E-state index contributed by atoms with van der Waals surface area (Å²) in [6.07, 6.45) is 0.397. The lowest BCUT2D eigenvalue weighted by atomic mass is 10.1. The molecule has 3 aromatic rings. The van der Waals surface area contributed by atoms with Gasteiger partial charge in [-0.15, -0.1) is 0 Å². The number of hydrogen-bond acceptors (Lipinski definition) is 4. The average molecular weight is 343 g/mol. The van der Waals surface area contributed by atoms with Gasteiger partial charge in [-0.25, -0.2) is 13.1 Å². The topological polar surface area (TPSA) is 79.5 Å². The quantitative estimate of drug-likeness (QED) is 0.721. The second kappa shape index (κ2) is 7.00. The number of nitrogens with one attached hydrogen (secondary N) is 1. The molecule has 2 N–H and O–H groups in total. The van der Waals surface area contributed by atoms with Gasteiger partial charge in [0.1, 0.15) is 11.9 Å². The predicted molar refractivity (Wildman–Crippen MR) is 90.7 cm³/mol. The molecule has 2 aromatic carbocycles. The summed E-state index contributed by atoms with van der Waals surface area (Å²) in [5, 5.41) is 9.89. The molecule has 0 saturated carbocycles. The SMILES string of the molecule is O=S(=O)(NCC(O)c1ccco1)c1ccc(-c2ccccc2)cc1. The maximum atomic E-state index is 12.3. The Labute approximate surface area is 140 Å². The Hall–Kier alpha value is -2.41. The van der Waals surface area contributed by atoms with Crippen molar-refractivity contribution in [2.45, 2.75) is 11.0 Å². The summed E-state index contributed by atoms with van der Waals surface area (Å²) in [4.78, 5) is 0.147. The summed E-state index contributed by atoms with van der Waals surface area (Å²) in [5.41, 5.74) is 1.95. The molecule has 0 radical (unpaired) electrons. The van der Waals surface area contributed by atoms with Crippen LogP contribution in [0.1, 0.15) is 11.9 Å². The third-order valence-corrected chi connectivity index (χ3v) is 5.05. The number of aliphatic hydroxyl groups excluding tert-OH is 1. The molecule has 0 amide bonds. The van der Waals surface area contributed by atoms with Crippen molar-refractivity contribution in [2.75, 3.05) is 6.54 Å². The van der Waals surface area contributed by atoms with Crippen LogP contribution in [0.4, 0.5) is 0 Å². The van der Waals surface area contributed by atoms with E-state index < -0.39 is 16.1 Å². The second-order valence-corrected chi connectivity index (χ2v) is 7.04.